The molecule has 0 bridgehead atoms. The van der Waals surface area contributed by atoms with Crippen LogP contribution in [-0.4, -0.2) is 47.7 Å². The van der Waals surface area contributed by atoms with Gasteiger partial charge in [0, 0.05) is 12.1 Å². The van der Waals surface area contributed by atoms with Gasteiger partial charge >= 0.3 is 5.97 Å². The highest BCUT2D eigenvalue weighted by Gasteiger charge is 2.29. The Bertz CT molecular complexity index is 550. The third-order valence-electron chi connectivity index (χ3n) is 3.33. The van der Waals surface area contributed by atoms with Gasteiger partial charge in [0.05, 0.1) is 32.1 Å². The van der Waals surface area contributed by atoms with E-state index < -0.39 is 29.6 Å². The second-order valence-corrected chi connectivity index (χ2v) is 4.80. The van der Waals surface area contributed by atoms with Crippen molar-refractivity contribution in [3.05, 3.63) is 35.4 Å². The summed E-state index contributed by atoms with van der Waals surface area (Å²) in [6.45, 7) is 0.672. The van der Waals surface area contributed by atoms with Crippen molar-refractivity contribution >= 4 is 11.9 Å². The standard InChI is InChI=1S/C14H15F2NO4/c15-11-3-1-2-9(14(11)16)6-12(18)17-4-5-21-8-10(17)7-13(19)20/h1-3,10H,4-8H2,(H,19,20). The van der Waals surface area contributed by atoms with Crippen LogP contribution in [0, 0.1) is 11.6 Å². The number of hydrogen-bond donors (Lipinski definition) is 1. The molecule has 0 radical (unpaired) electrons. The van der Waals surface area contributed by atoms with Crippen LogP contribution in [0.25, 0.3) is 0 Å². The van der Waals surface area contributed by atoms with E-state index in [0.717, 1.165) is 6.07 Å². The van der Waals surface area contributed by atoms with Gasteiger partial charge in [-0.25, -0.2) is 8.78 Å². The Morgan fingerprint density at radius 1 is 1.38 bits per heavy atom. The van der Waals surface area contributed by atoms with Crippen molar-refractivity contribution in [2.75, 3.05) is 19.8 Å². The largest absolute Gasteiger partial charge is 0.481 e. The predicted octanol–water partition coefficient (Wildman–Crippen LogP) is 1.21. The summed E-state index contributed by atoms with van der Waals surface area (Å²) in [4.78, 5) is 24.4. The molecule has 2 rings (SSSR count). The number of amides is 1. The van der Waals surface area contributed by atoms with Crippen LogP contribution in [0.2, 0.25) is 0 Å². The van der Waals surface area contributed by atoms with Crippen LogP contribution in [-0.2, 0) is 20.7 Å². The zero-order valence-electron chi connectivity index (χ0n) is 11.2. The number of benzene rings is 1. The second kappa shape index (κ2) is 6.62. The van der Waals surface area contributed by atoms with E-state index in [1.807, 2.05) is 0 Å². The summed E-state index contributed by atoms with van der Waals surface area (Å²) in [5, 5.41) is 8.83. The van der Waals surface area contributed by atoms with Crippen molar-refractivity contribution in [1.29, 1.82) is 0 Å². The van der Waals surface area contributed by atoms with E-state index in [2.05, 4.69) is 0 Å². The van der Waals surface area contributed by atoms with Gasteiger partial charge in [-0.15, -0.1) is 0 Å². The average molecular weight is 299 g/mol. The predicted molar refractivity (Wildman–Crippen MR) is 68.6 cm³/mol. The van der Waals surface area contributed by atoms with Gasteiger partial charge in [-0.1, -0.05) is 12.1 Å². The van der Waals surface area contributed by atoms with Gasteiger partial charge < -0.3 is 14.7 Å². The van der Waals surface area contributed by atoms with E-state index in [-0.39, 0.29) is 31.6 Å². The van der Waals surface area contributed by atoms with Crippen molar-refractivity contribution in [2.24, 2.45) is 0 Å². The number of nitrogens with zero attached hydrogens (tertiary/aromatic N) is 1. The molecular formula is C14H15F2NO4. The highest BCUT2D eigenvalue weighted by atomic mass is 19.2. The van der Waals surface area contributed by atoms with Crippen molar-refractivity contribution in [3.8, 4) is 0 Å². The summed E-state index contributed by atoms with van der Waals surface area (Å²) < 4.78 is 31.9. The van der Waals surface area contributed by atoms with E-state index in [1.165, 1.54) is 17.0 Å². The molecule has 0 spiro atoms. The normalized spacial score (nSPS) is 18.6. The number of halogens is 2. The van der Waals surface area contributed by atoms with E-state index in [4.69, 9.17) is 9.84 Å². The second-order valence-electron chi connectivity index (χ2n) is 4.80. The third kappa shape index (κ3) is 3.75. The minimum absolute atomic E-state index is 0.0411. The fourth-order valence-electron chi connectivity index (χ4n) is 2.30. The molecule has 1 aromatic carbocycles. The van der Waals surface area contributed by atoms with E-state index in [0.29, 0.717) is 6.61 Å². The smallest absolute Gasteiger partial charge is 0.305 e. The molecular weight excluding hydrogens is 284 g/mol. The maximum absolute atomic E-state index is 13.6. The minimum Gasteiger partial charge on any atom is -0.481 e. The summed E-state index contributed by atoms with van der Waals surface area (Å²) in [5.74, 6) is -3.53. The number of carbonyl (C=O) groups is 2. The highest BCUT2D eigenvalue weighted by molar-refractivity contribution is 5.80. The molecule has 1 saturated heterocycles. The topological polar surface area (TPSA) is 66.8 Å². The van der Waals surface area contributed by atoms with Crippen LogP contribution in [0.3, 0.4) is 0 Å². The molecule has 1 fully saturated rings. The Hall–Kier alpha value is -2.02. The lowest BCUT2D eigenvalue weighted by Gasteiger charge is -2.35. The molecule has 5 nitrogen and oxygen atoms in total. The lowest BCUT2D eigenvalue weighted by Crippen LogP contribution is -2.50. The van der Waals surface area contributed by atoms with Crippen LogP contribution >= 0.6 is 0 Å². The summed E-state index contributed by atoms with van der Waals surface area (Å²) in [6, 6.07) is 3.06. The van der Waals surface area contributed by atoms with Gasteiger partial charge in [0.25, 0.3) is 0 Å². The number of morpholine rings is 1. The Kier molecular flexibility index (Phi) is 4.85. The molecule has 21 heavy (non-hydrogen) atoms. The van der Waals surface area contributed by atoms with Gasteiger partial charge in [-0.2, -0.15) is 0 Å². The highest BCUT2D eigenvalue weighted by Crippen LogP contribution is 2.16. The van der Waals surface area contributed by atoms with Crippen molar-refractivity contribution < 1.29 is 28.2 Å². The fraction of sp³-hybridized carbons (Fsp3) is 0.429. The Morgan fingerprint density at radius 2 is 2.14 bits per heavy atom. The van der Waals surface area contributed by atoms with E-state index >= 15 is 0 Å². The SMILES string of the molecule is O=C(O)CC1COCCN1C(=O)Cc1cccc(F)c1F. The van der Waals surface area contributed by atoms with Gasteiger partial charge in [0.15, 0.2) is 11.6 Å². The molecule has 1 aromatic rings. The molecule has 1 heterocycles. The number of carboxylic acids is 1. The van der Waals surface area contributed by atoms with Gasteiger partial charge in [-0.3, -0.25) is 9.59 Å². The van der Waals surface area contributed by atoms with Gasteiger partial charge in [0.1, 0.15) is 0 Å². The molecule has 1 aliphatic heterocycles. The first-order chi connectivity index (χ1) is 9.99. The molecule has 0 aromatic heterocycles. The Morgan fingerprint density at radius 3 is 2.86 bits per heavy atom. The molecule has 1 amide bonds. The molecule has 0 aliphatic carbocycles. The molecule has 1 atom stereocenters. The Balaban J connectivity index is 2.10. The molecule has 1 aliphatic rings. The van der Waals surface area contributed by atoms with Crippen LogP contribution < -0.4 is 0 Å². The number of carbonyl (C=O) groups excluding carboxylic acids is 1. The Labute approximate surface area is 120 Å². The summed E-state index contributed by atoms with van der Waals surface area (Å²) in [6.07, 6.45) is -0.545. The van der Waals surface area contributed by atoms with Crippen molar-refractivity contribution in [1.82, 2.24) is 4.90 Å². The van der Waals surface area contributed by atoms with Crippen LogP contribution in [0.15, 0.2) is 18.2 Å². The van der Waals surface area contributed by atoms with E-state index in [9.17, 15) is 18.4 Å². The lowest BCUT2D eigenvalue weighted by atomic mass is 10.1. The van der Waals surface area contributed by atoms with Crippen molar-refractivity contribution in [2.45, 2.75) is 18.9 Å². The van der Waals surface area contributed by atoms with Crippen LogP contribution in [0.1, 0.15) is 12.0 Å². The number of aliphatic carboxylic acids is 1. The van der Waals surface area contributed by atoms with Gasteiger partial charge in [0.2, 0.25) is 5.91 Å². The fourth-order valence-corrected chi connectivity index (χ4v) is 2.30. The van der Waals surface area contributed by atoms with E-state index in [1.54, 1.807) is 0 Å². The first kappa shape index (κ1) is 15.4. The maximum atomic E-state index is 13.6. The molecule has 1 unspecified atom stereocenters. The monoisotopic (exact) mass is 299 g/mol. The molecule has 114 valence electrons. The zero-order valence-corrected chi connectivity index (χ0v) is 11.2. The summed E-state index contributed by atoms with van der Waals surface area (Å²) in [7, 11) is 0. The first-order valence-electron chi connectivity index (χ1n) is 6.51. The number of rotatable bonds is 4. The van der Waals surface area contributed by atoms with Crippen LogP contribution in [0.5, 0.6) is 0 Å². The lowest BCUT2D eigenvalue weighted by molar-refractivity contribution is -0.145. The minimum atomic E-state index is -1.05. The number of ether oxygens (including phenoxy) is 1. The number of carboxylic acid groups (broad SMARTS) is 1. The third-order valence-corrected chi connectivity index (χ3v) is 3.33. The van der Waals surface area contributed by atoms with Crippen LogP contribution in [0.4, 0.5) is 8.78 Å². The molecule has 1 N–H and O–H groups in total. The van der Waals surface area contributed by atoms with Crippen molar-refractivity contribution in [3.63, 3.8) is 0 Å². The molecule has 7 heteroatoms. The number of hydrogen-bond acceptors (Lipinski definition) is 3. The van der Waals surface area contributed by atoms with Gasteiger partial charge in [-0.05, 0) is 6.07 Å². The first-order valence-corrected chi connectivity index (χ1v) is 6.51. The summed E-state index contributed by atoms with van der Waals surface area (Å²) in [5.41, 5.74) is -0.0411. The maximum Gasteiger partial charge on any atom is 0.305 e. The average Bonchev–Trinajstić information content (AvgIpc) is 2.44. The zero-order chi connectivity index (χ0) is 15.4. The summed E-state index contributed by atoms with van der Waals surface area (Å²) >= 11 is 0. The quantitative estimate of drug-likeness (QED) is 0.907. The molecule has 0 saturated carbocycles.